The third-order valence-corrected chi connectivity index (χ3v) is 5.53. The Kier molecular flexibility index (Phi) is 4.09. The quantitative estimate of drug-likeness (QED) is 0.762. The van der Waals surface area contributed by atoms with Gasteiger partial charge in [-0.25, -0.2) is 4.79 Å². The molecule has 0 aliphatic heterocycles. The van der Waals surface area contributed by atoms with Gasteiger partial charge in [-0.3, -0.25) is 4.79 Å². The van der Waals surface area contributed by atoms with E-state index in [-0.39, 0.29) is 5.88 Å². The molecule has 19 heavy (non-hydrogen) atoms. The van der Waals surface area contributed by atoms with Gasteiger partial charge in [-0.1, -0.05) is 13.8 Å². The molecule has 0 saturated heterocycles. The highest BCUT2D eigenvalue weighted by Gasteiger charge is 2.53. The lowest BCUT2D eigenvalue weighted by Gasteiger charge is -2.28. The topological polar surface area (TPSA) is 66.4 Å². The number of carboxylic acid groups (broad SMARTS) is 1. The number of fused-ring (bicyclic) bond motifs is 2. The van der Waals surface area contributed by atoms with E-state index in [1.54, 1.807) is 0 Å². The highest BCUT2D eigenvalue weighted by molar-refractivity contribution is 6.27. The van der Waals surface area contributed by atoms with Crippen molar-refractivity contribution in [3.8, 4) is 0 Å². The Hall–Kier alpha value is -0.770. The Bertz CT molecular complexity index is 383. The second-order valence-corrected chi connectivity index (χ2v) is 6.79. The van der Waals surface area contributed by atoms with Crippen LogP contribution >= 0.6 is 11.6 Å². The molecule has 0 spiro atoms. The molecule has 4 nitrogen and oxygen atoms in total. The molecule has 2 aliphatic rings. The first-order valence-corrected chi connectivity index (χ1v) is 7.47. The molecular weight excluding hydrogens is 266 g/mol. The number of hydrogen-bond acceptors (Lipinski definition) is 2. The zero-order valence-corrected chi connectivity index (χ0v) is 12.2. The molecule has 5 heteroatoms. The summed E-state index contributed by atoms with van der Waals surface area (Å²) in [6.45, 7) is 4.59. The summed E-state index contributed by atoms with van der Waals surface area (Å²) in [6.07, 6.45) is 4.08. The highest BCUT2D eigenvalue weighted by Crippen LogP contribution is 2.61. The number of nitrogens with one attached hydrogen (secondary N) is 1. The van der Waals surface area contributed by atoms with Gasteiger partial charge in [-0.2, -0.15) is 0 Å². The lowest BCUT2D eigenvalue weighted by molar-refractivity contribution is -0.142. The minimum absolute atomic E-state index is 0.188. The average Bonchev–Trinajstić information content (AvgIpc) is 2.76. The molecule has 2 N–H and O–H groups in total. The van der Waals surface area contributed by atoms with E-state index in [0.29, 0.717) is 29.6 Å². The van der Waals surface area contributed by atoms with Crippen molar-refractivity contribution < 1.29 is 14.7 Å². The summed E-state index contributed by atoms with van der Waals surface area (Å²) >= 11 is 5.42. The zero-order valence-electron chi connectivity index (χ0n) is 11.5. The largest absolute Gasteiger partial charge is 0.480 e. The lowest BCUT2D eigenvalue weighted by atomic mass is 9.78. The smallest absolute Gasteiger partial charge is 0.326 e. The first-order chi connectivity index (χ1) is 8.86. The normalized spacial score (nSPS) is 33.1. The predicted molar refractivity (Wildman–Crippen MR) is 73.0 cm³/mol. The summed E-state index contributed by atoms with van der Waals surface area (Å²) in [7, 11) is 0. The van der Waals surface area contributed by atoms with Crippen molar-refractivity contribution in [3.05, 3.63) is 0 Å². The van der Waals surface area contributed by atoms with Crippen LogP contribution in [0.25, 0.3) is 0 Å². The first-order valence-electron chi connectivity index (χ1n) is 6.94. The van der Waals surface area contributed by atoms with Crippen LogP contribution in [0.2, 0.25) is 0 Å². The molecule has 2 unspecified atom stereocenters. The van der Waals surface area contributed by atoms with E-state index in [2.05, 4.69) is 19.2 Å². The fraction of sp³-hybridized carbons (Fsp3) is 0.857. The van der Waals surface area contributed by atoms with Crippen LogP contribution in [0.3, 0.4) is 0 Å². The van der Waals surface area contributed by atoms with Gasteiger partial charge in [-0.05, 0) is 48.9 Å². The van der Waals surface area contributed by atoms with Crippen molar-refractivity contribution in [2.24, 2.45) is 23.2 Å². The zero-order chi connectivity index (χ0) is 14.2. The van der Waals surface area contributed by atoms with E-state index in [0.717, 1.165) is 6.42 Å². The summed E-state index contributed by atoms with van der Waals surface area (Å²) in [4.78, 5) is 22.5. The van der Waals surface area contributed by atoms with Crippen LogP contribution < -0.4 is 5.32 Å². The van der Waals surface area contributed by atoms with E-state index in [1.807, 2.05) is 0 Å². The van der Waals surface area contributed by atoms with Gasteiger partial charge in [0.1, 0.15) is 11.9 Å². The van der Waals surface area contributed by atoms with E-state index >= 15 is 0 Å². The van der Waals surface area contributed by atoms with E-state index in [4.69, 9.17) is 11.6 Å². The number of carbonyl (C=O) groups excluding carboxylic acids is 1. The molecule has 2 rings (SSSR count). The fourth-order valence-corrected chi connectivity index (χ4v) is 4.32. The Morgan fingerprint density at radius 1 is 1.42 bits per heavy atom. The number of alkyl halides is 1. The molecule has 0 aromatic carbocycles. The number of halogens is 1. The van der Waals surface area contributed by atoms with Gasteiger partial charge in [0.05, 0.1) is 0 Å². The Balaban J connectivity index is 2.00. The van der Waals surface area contributed by atoms with Crippen LogP contribution in [0.15, 0.2) is 0 Å². The fourth-order valence-electron chi connectivity index (χ4n) is 4.24. The molecule has 2 aliphatic carbocycles. The summed E-state index contributed by atoms with van der Waals surface area (Å²) in [6, 6.07) is -0.800. The predicted octanol–water partition coefficient (Wildman–Crippen LogP) is 2.26. The summed E-state index contributed by atoms with van der Waals surface area (Å²) in [5.41, 5.74) is 0.324. The molecule has 2 bridgehead atoms. The molecule has 0 aromatic heterocycles. The van der Waals surface area contributed by atoms with Crippen molar-refractivity contribution in [1.29, 1.82) is 0 Å². The average molecular weight is 288 g/mol. The van der Waals surface area contributed by atoms with Crippen LogP contribution in [0.5, 0.6) is 0 Å². The van der Waals surface area contributed by atoms with Gasteiger partial charge >= 0.3 is 5.97 Å². The van der Waals surface area contributed by atoms with Crippen LogP contribution in [-0.2, 0) is 9.59 Å². The SMILES string of the molecule is CC1(C)C2CCC1[C@@H](C[C@@H](NC(=O)CCl)C(=O)O)C2. The number of rotatable bonds is 5. The second kappa shape index (κ2) is 5.31. The first kappa shape index (κ1) is 14.6. The molecule has 2 saturated carbocycles. The van der Waals surface area contributed by atoms with Crippen molar-refractivity contribution in [2.75, 3.05) is 5.88 Å². The number of aliphatic carboxylic acids is 1. The standard InChI is InChI=1S/C14H22ClNO3/c1-14(2)9-3-4-10(14)8(5-9)6-11(13(18)19)16-12(17)7-15/h8-11H,3-7H2,1-2H3,(H,16,17)(H,18,19)/t8-,9?,10?,11-/m1/s1. The number of amides is 1. The van der Waals surface area contributed by atoms with Gasteiger partial charge in [0, 0.05) is 0 Å². The van der Waals surface area contributed by atoms with E-state index in [1.165, 1.54) is 12.8 Å². The van der Waals surface area contributed by atoms with Gasteiger partial charge in [0.15, 0.2) is 0 Å². The maximum Gasteiger partial charge on any atom is 0.326 e. The Morgan fingerprint density at radius 2 is 2.11 bits per heavy atom. The molecule has 1 amide bonds. The summed E-state index contributed by atoms with van der Waals surface area (Å²) in [5, 5.41) is 11.7. The molecule has 0 radical (unpaired) electrons. The van der Waals surface area contributed by atoms with E-state index in [9.17, 15) is 14.7 Å². The van der Waals surface area contributed by atoms with Gasteiger partial charge in [0.2, 0.25) is 5.91 Å². The molecule has 0 aromatic rings. The Labute approximate surface area is 118 Å². The van der Waals surface area contributed by atoms with Gasteiger partial charge in [-0.15, -0.1) is 11.6 Å². The maximum absolute atomic E-state index is 11.3. The summed E-state index contributed by atoms with van der Waals surface area (Å²) in [5.74, 6) is 0.153. The number of carboxylic acids is 1. The van der Waals surface area contributed by atoms with Crippen LogP contribution in [-0.4, -0.2) is 28.9 Å². The van der Waals surface area contributed by atoms with Crippen LogP contribution in [0, 0.1) is 23.2 Å². The van der Waals surface area contributed by atoms with E-state index < -0.39 is 17.9 Å². The van der Waals surface area contributed by atoms with Crippen molar-refractivity contribution in [3.63, 3.8) is 0 Å². The summed E-state index contributed by atoms with van der Waals surface area (Å²) < 4.78 is 0. The van der Waals surface area contributed by atoms with Crippen LogP contribution in [0.4, 0.5) is 0 Å². The molecule has 108 valence electrons. The van der Waals surface area contributed by atoms with Crippen molar-refractivity contribution in [1.82, 2.24) is 5.32 Å². The monoisotopic (exact) mass is 287 g/mol. The molecule has 4 atom stereocenters. The second-order valence-electron chi connectivity index (χ2n) is 6.53. The number of hydrogen-bond donors (Lipinski definition) is 2. The third-order valence-electron chi connectivity index (χ3n) is 5.28. The Morgan fingerprint density at radius 3 is 2.53 bits per heavy atom. The highest BCUT2D eigenvalue weighted by atomic mass is 35.5. The molecule has 2 fully saturated rings. The maximum atomic E-state index is 11.3. The molecular formula is C14H22ClNO3. The van der Waals surface area contributed by atoms with Gasteiger partial charge < -0.3 is 10.4 Å². The van der Waals surface area contributed by atoms with Crippen molar-refractivity contribution in [2.45, 2.75) is 45.6 Å². The van der Waals surface area contributed by atoms with Gasteiger partial charge in [0.25, 0.3) is 0 Å². The van der Waals surface area contributed by atoms with Crippen LogP contribution in [0.1, 0.15) is 39.5 Å². The minimum Gasteiger partial charge on any atom is -0.480 e. The number of carbonyl (C=O) groups is 2. The third kappa shape index (κ3) is 2.73. The lowest BCUT2D eigenvalue weighted by Crippen LogP contribution is -2.43. The molecule has 0 heterocycles. The van der Waals surface area contributed by atoms with Crippen molar-refractivity contribution >= 4 is 23.5 Å². The minimum atomic E-state index is -0.959.